The van der Waals surface area contributed by atoms with Crippen LogP contribution in [0.25, 0.3) is 5.69 Å². The van der Waals surface area contributed by atoms with Gasteiger partial charge in [0.15, 0.2) is 0 Å². The highest BCUT2D eigenvalue weighted by Gasteiger charge is 2.35. The number of ether oxygens (including phenoxy) is 1. The Morgan fingerprint density at radius 2 is 2.32 bits per heavy atom. The number of hydrogen-bond acceptors (Lipinski definition) is 4. The van der Waals surface area contributed by atoms with E-state index < -0.39 is 0 Å². The Hall–Kier alpha value is -1.89. The van der Waals surface area contributed by atoms with E-state index in [1.807, 2.05) is 22.9 Å². The van der Waals surface area contributed by atoms with Crippen LogP contribution < -0.4 is 10.6 Å². The number of imidazole rings is 1. The van der Waals surface area contributed by atoms with Gasteiger partial charge in [0, 0.05) is 36.6 Å². The van der Waals surface area contributed by atoms with Crippen molar-refractivity contribution in [3.05, 3.63) is 41.9 Å². The normalized spacial score (nSPS) is 26.0. The highest BCUT2D eigenvalue weighted by molar-refractivity contribution is 6.32. The standard InChI is InChI=1S/C18H21ClN4O2/c19-14-10-13(2-3-16(14)23-7-5-20-11-23)22-18(24)12-1-4-17-15(9-12)21-6-8-25-17/h2-3,5,7,10-12,15,17,21H,1,4,6,8-9H2,(H,22,24)/t12-,15+,17+/m0/s1. The number of aromatic nitrogens is 2. The van der Waals surface area contributed by atoms with Gasteiger partial charge in [0.25, 0.3) is 0 Å². The molecule has 2 aliphatic rings. The Kier molecular flexibility index (Phi) is 4.74. The predicted molar refractivity (Wildman–Crippen MR) is 96.1 cm³/mol. The molecule has 1 saturated heterocycles. The van der Waals surface area contributed by atoms with Crippen LogP contribution >= 0.6 is 11.6 Å². The molecule has 2 fully saturated rings. The number of amides is 1. The third-order valence-corrected chi connectivity index (χ3v) is 5.30. The summed E-state index contributed by atoms with van der Waals surface area (Å²) in [6.07, 6.45) is 8.07. The molecule has 0 bridgehead atoms. The summed E-state index contributed by atoms with van der Waals surface area (Å²) < 4.78 is 7.61. The smallest absolute Gasteiger partial charge is 0.227 e. The number of carbonyl (C=O) groups excluding carboxylic acids is 1. The number of rotatable bonds is 3. The second kappa shape index (κ2) is 7.15. The van der Waals surface area contributed by atoms with Crippen LogP contribution in [0.2, 0.25) is 5.02 Å². The van der Waals surface area contributed by atoms with Crippen LogP contribution in [0.5, 0.6) is 0 Å². The first kappa shape index (κ1) is 16.6. The predicted octanol–water partition coefficient (Wildman–Crippen LogP) is 2.62. The van der Waals surface area contributed by atoms with Crippen molar-refractivity contribution in [2.24, 2.45) is 5.92 Å². The lowest BCUT2D eigenvalue weighted by molar-refractivity contribution is -0.123. The van der Waals surface area contributed by atoms with Gasteiger partial charge in [-0.15, -0.1) is 0 Å². The molecule has 3 atom stereocenters. The van der Waals surface area contributed by atoms with Gasteiger partial charge < -0.3 is 19.9 Å². The number of anilines is 1. The summed E-state index contributed by atoms with van der Waals surface area (Å²) in [5.41, 5.74) is 1.55. The maximum atomic E-state index is 12.6. The molecule has 1 saturated carbocycles. The first-order valence-electron chi connectivity index (χ1n) is 8.64. The second-order valence-corrected chi connectivity index (χ2v) is 7.01. The molecule has 0 spiro atoms. The van der Waals surface area contributed by atoms with Crippen LogP contribution in [0.15, 0.2) is 36.9 Å². The van der Waals surface area contributed by atoms with E-state index in [2.05, 4.69) is 15.6 Å². The third kappa shape index (κ3) is 3.56. The largest absolute Gasteiger partial charge is 0.375 e. The minimum Gasteiger partial charge on any atom is -0.375 e. The first-order chi connectivity index (χ1) is 12.2. The first-order valence-corrected chi connectivity index (χ1v) is 9.02. The Morgan fingerprint density at radius 1 is 1.40 bits per heavy atom. The number of benzene rings is 1. The van der Waals surface area contributed by atoms with E-state index in [9.17, 15) is 4.79 Å². The Morgan fingerprint density at radius 3 is 3.12 bits per heavy atom. The lowest BCUT2D eigenvalue weighted by Gasteiger charge is -2.39. The number of carbonyl (C=O) groups is 1. The van der Waals surface area contributed by atoms with Crippen molar-refractivity contribution in [2.45, 2.75) is 31.4 Å². The molecule has 1 aromatic heterocycles. The van der Waals surface area contributed by atoms with Gasteiger partial charge in [0.1, 0.15) is 0 Å². The van der Waals surface area contributed by atoms with E-state index in [0.29, 0.717) is 10.7 Å². The van der Waals surface area contributed by atoms with Crippen LogP contribution in [0.1, 0.15) is 19.3 Å². The Balaban J connectivity index is 1.41. The lowest BCUT2D eigenvalue weighted by atomic mass is 9.82. The Bertz CT molecular complexity index is 750. The van der Waals surface area contributed by atoms with E-state index in [1.54, 1.807) is 18.6 Å². The summed E-state index contributed by atoms with van der Waals surface area (Å²) in [6, 6.07) is 5.81. The zero-order chi connectivity index (χ0) is 17.2. The van der Waals surface area contributed by atoms with Crippen LogP contribution in [0.3, 0.4) is 0 Å². The summed E-state index contributed by atoms with van der Waals surface area (Å²) in [5.74, 6) is 0.0554. The molecule has 1 amide bonds. The topological polar surface area (TPSA) is 68.2 Å². The lowest BCUT2D eigenvalue weighted by Crippen LogP contribution is -2.52. The summed E-state index contributed by atoms with van der Waals surface area (Å²) in [4.78, 5) is 16.7. The number of halogens is 1. The molecule has 7 heteroatoms. The molecule has 0 radical (unpaired) electrons. The van der Waals surface area contributed by atoms with Crippen molar-refractivity contribution in [3.63, 3.8) is 0 Å². The molecule has 1 aliphatic heterocycles. The van der Waals surface area contributed by atoms with Crippen molar-refractivity contribution >= 4 is 23.2 Å². The molecule has 2 heterocycles. The molecular weight excluding hydrogens is 340 g/mol. The summed E-state index contributed by atoms with van der Waals surface area (Å²) in [7, 11) is 0. The van der Waals surface area contributed by atoms with Crippen molar-refractivity contribution in [2.75, 3.05) is 18.5 Å². The van der Waals surface area contributed by atoms with E-state index in [-0.39, 0.29) is 24.0 Å². The van der Waals surface area contributed by atoms with Gasteiger partial charge in [-0.2, -0.15) is 0 Å². The van der Waals surface area contributed by atoms with Gasteiger partial charge in [-0.1, -0.05) is 11.6 Å². The van der Waals surface area contributed by atoms with Crippen molar-refractivity contribution in [3.8, 4) is 5.69 Å². The molecule has 6 nitrogen and oxygen atoms in total. The monoisotopic (exact) mass is 360 g/mol. The molecule has 2 aromatic rings. The molecule has 1 aromatic carbocycles. The minimum absolute atomic E-state index is 0.00236. The molecule has 132 valence electrons. The number of morpholine rings is 1. The zero-order valence-electron chi connectivity index (χ0n) is 13.8. The van der Waals surface area contributed by atoms with Gasteiger partial charge >= 0.3 is 0 Å². The average Bonchev–Trinajstić information content (AvgIpc) is 3.15. The van der Waals surface area contributed by atoms with Gasteiger partial charge in [0.05, 0.1) is 29.7 Å². The van der Waals surface area contributed by atoms with Crippen molar-refractivity contribution in [1.82, 2.24) is 14.9 Å². The minimum atomic E-state index is 0.00236. The van der Waals surface area contributed by atoms with Gasteiger partial charge in [-0.3, -0.25) is 4.79 Å². The van der Waals surface area contributed by atoms with Crippen LogP contribution in [0, 0.1) is 5.92 Å². The molecule has 25 heavy (non-hydrogen) atoms. The SMILES string of the molecule is O=C(Nc1ccc(-n2ccnc2)c(Cl)c1)[C@H]1CC[C@H]2OCCN[C@@H]2C1. The fourth-order valence-corrected chi connectivity index (χ4v) is 3.97. The number of fused-ring (bicyclic) bond motifs is 1. The molecule has 4 rings (SSSR count). The fraction of sp³-hybridized carbons (Fsp3) is 0.444. The van der Waals surface area contributed by atoms with E-state index >= 15 is 0 Å². The van der Waals surface area contributed by atoms with Crippen LogP contribution in [0.4, 0.5) is 5.69 Å². The molecule has 1 aliphatic carbocycles. The van der Waals surface area contributed by atoms with Gasteiger partial charge in [0.2, 0.25) is 5.91 Å². The maximum absolute atomic E-state index is 12.6. The number of nitrogens with zero attached hydrogens (tertiary/aromatic N) is 2. The van der Waals surface area contributed by atoms with Crippen LogP contribution in [-0.2, 0) is 9.53 Å². The summed E-state index contributed by atoms with van der Waals surface area (Å²) in [6.45, 7) is 1.63. The number of hydrogen-bond donors (Lipinski definition) is 2. The van der Waals surface area contributed by atoms with Crippen molar-refractivity contribution in [1.29, 1.82) is 0 Å². The maximum Gasteiger partial charge on any atom is 0.227 e. The Labute approximate surface area is 151 Å². The third-order valence-electron chi connectivity index (χ3n) is 5.00. The van der Waals surface area contributed by atoms with E-state index in [1.165, 1.54) is 0 Å². The molecular formula is C18H21ClN4O2. The molecule has 2 N–H and O–H groups in total. The second-order valence-electron chi connectivity index (χ2n) is 6.61. The summed E-state index contributed by atoms with van der Waals surface area (Å²) in [5, 5.41) is 7.04. The molecule has 0 unspecified atom stereocenters. The average molecular weight is 361 g/mol. The van der Waals surface area contributed by atoms with Gasteiger partial charge in [-0.05, 0) is 37.5 Å². The van der Waals surface area contributed by atoms with Crippen molar-refractivity contribution < 1.29 is 9.53 Å². The number of nitrogens with one attached hydrogen (secondary N) is 2. The summed E-state index contributed by atoms with van der Waals surface area (Å²) >= 11 is 6.35. The van der Waals surface area contributed by atoms with E-state index in [0.717, 1.165) is 38.1 Å². The van der Waals surface area contributed by atoms with Crippen LogP contribution in [-0.4, -0.2) is 40.8 Å². The zero-order valence-corrected chi connectivity index (χ0v) is 14.6. The van der Waals surface area contributed by atoms with E-state index in [4.69, 9.17) is 16.3 Å². The van der Waals surface area contributed by atoms with Gasteiger partial charge in [-0.25, -0.2) is 4.98 Å². The quantitative estimate of drug-likeness (QED) is 0.883. The highest BCUT2D eigenvalue weighted by Crippen LogP contribution is 2.30. The highest BCUT2D eigenvalue weighted by atomic mass is 35.5. The fourth-order valence-electron chi connectivity index (χ4n) is 3.69.